The molecule has 3 aromatic rings. The van der Waals surface area contributed by atoms with Crippen LogP contribution in [0.25, 0.3) is 0 Å². The third kappa shape index (κ3) is 5.50. The van der Waals surface area contributed by atoms with E-state index in [1.165, 1.54) is 11.1 Å². The fourth-order valence-corrected chi connectivity index (χ4v) is 5.13. The molecule has 1 fully saturated rings. The lowest BCUT2D eigenvalue weighted by atomic mass is 9.95. The maximum absolute atomic E-state index is 13.6. The first-order chi connectivity index (χ1) is 17.6. The highest BCUT2D eigenvalue weighted by Crippen LogP contribution is 2.35. The second-order valence-electron chi connectivity index (χ2n) is 9.63. The molecule has 0 aromatic heterocycles. The van der Waals surface area contributed by atoms with Gasteiger partial charge in [-0.1, -0.05) is 66.7 Å². The van der Waals surface area contributed by atoms with Crippen molar-refractivity contribution in [2.24, 2.45) is 5.10 Å². The molecule has 36 heavy (non-hydrogen) atoms. The number of piperazine rings is 1. The molecule has 2 aliphatic rings. The highest BCUT2D eigenvalue weighted by Gasteiger charge is 2.35. The zero-order valence-corrected chi connectivity index (χ0v) is 21.1. The summed E-state index contributed by atoms with van der Waals surface area (Å²) in [7, 11) is 1.67. The second-order valence-corrected chi connectivity index (χ2v) is 9.63. The van der Waals surface area contributed by atoms with E-state index in [1.54, 1.807) is 12.1 Å². The number of carbonyl (C=O) groups excluding carboxylic acids is 1. The van der Waals surface area contributed by atoms with E-state index in [0.717, 1.165) is 55.3 Å². The molecule has 6 heteroatoms. The third-order valence-electron chi connectivity index (χ3n) is 7.19. The first-order valence-corrected chi connectivity index (χ1v) is 12.7. The van der Waals surface area contributed by atoms with Gasteiger partial charge >= 0.3 is 0 Å². The summed E-state index contributed by atoms with van der Waals surface area (Å²) in [6.45, 7) is 7.13. The molecule has 1 amide bonds. The van der Waals surface area contributed by atoms with Gasteiger partial charge in [-0.2, -0.15) is 5.10 Å². The number of ether oxygens (including phenoxy) is 1. The van der Waals surface area contributed by atoms with Crippen LogP contribution in [-0.2, 0) is 11.3 Å². The summed E-state index contributed by atoms with van der Waals surface area (Å²) in [4.78, 5) is 18.3. The molecule has 0 radical (unpaired) electrons. The number of hydrogen-bond acceptors (Lipinski definition) is 5. The van der Waals surface area contributed by atoms with Crippen molar-refractivity contribution in [2.75, 3.05) is 39.8 Å². The lowest BCUT2D eigenvalue weighted by Gasteiger charge is -2.35. The highest BCUT2D eigenvalue weighted by molar-refractivity contribution is 6.03. The van der Waals surface area contributed by atoms with Gasteiger partial charge in [0.25, 0.3) is 5.91 Å². The summed E-state index contributed by atoms with van der Waals surface area (Å²) in [5.41, 5.74) is 5.58. The van der Waals surface area contributed by atoms with Gasteiger partial charge in [0.15, 0.2) is 0 Å². The van der Waals surface area contributed by atoms with Crippen molar-refractivity contribution in [3.05, 3.63) is 101 Å². The maximum atomic E-state index is 13.6. The van der Waals surface area contributed by atoms with E-state index in [4.69, 9.17) is 9.84 Å². The second kappa shape index (κ2) is 11.1. The van der Waals surface area contributed by atoms with Crippen molar-refractivity contribution in [1.29, 1.82) is 0 Å². The summed E-state index contributed by atoms with van der Waals surface area (Å²) < 4.78 is 5.42. The molecule has 2 aliphatic heterocycles. The van der Waals surface area contributed by atoms with E-state index in [1.807, 2.05) is 36.4 Å². The molecular formula is C30H34N4O2. The van der Waals surface area contributed by atoms with E-state index in [9.17, 15) is 4.79 Å². The third-order valence-corrected chi connectivity index (χ3v) is 7.19. The molecule has 5 rings (SSSR count). The summed E-state index contributed by atoms with van der Waals surface area (Å²) in [6, 6.07) is 26.7. The minimum Gasteiger partial charge on any atom is -0.497 e. The Balaban J connectivity index is 1.29. The number of aryl methyl sites for hydroxylation is 1. The first kappa shape index (κ1) is 24.2. The van der Waals surface area contributed by atoms with Crippen LogP contribution in [0.5, 0.6) is 5.75 Å². The van der Waals surface area contributed by atoms with Crippen molar-refractivity contribution in [3.63, 3.8) is 0 Å². The average Bonchev–Trinajstić information content (AvgIpc) is 3.36. The first-order valence-electron chi connectivity index (χ1n) is 12.7. The van der Waals surface area contributed by atoms with Crippen LogP contribution < -0.4 is 4.74 Å². The molecule has 0 saturated carbocycles. The Hall–Kier alpha value is -3.48. The summed E-state index contributed by atoms with van der Waals surface area (Å²) in [5.74, 6) is 0.846. The molecule has 1 saturated heterocycles. The summed E-state index contributed by atoms with van der Waals surface area (Å²) in [5, 5.41) is 6.61. The van der Waals surface area contributed by atoms with E-state index in [0.29, 0.717) is 13.0 Å². The van der Waals surface area contributed by atoms with Gasteiger partial charge in [-0.05, 0) is 35.7 Å². The predicted octanol–water partition coefficient (Wildman–Crippen LogP) is 4.50. The van der Waals surface area contributed by atoms with E-state index in [2.05, 4.69) is 59.2 Å². The van der Waals surface area contributed by atoms with Gasteiger partial charge in [-0.3, -0.25) is 14.6 Å². The van der Waals surface area contributed by atoms with Gasteiger partial charge in [0.2, 0.25) is 0 Å². The zero-order valence-electron chi connectivity index (χ0n) is 21.1. The summed E-state index contributed by atoms with van der Waals surface area (Å²) in [6.07, 6.45) is 0.689. The molecule has 6 nitrogen and oxygen atoms in total. The largest absolute Gasteiger partial charge is 0.497 e. The number of hydrogen-bond donors (Lipinski definition) is 0. The number of amides is 1. The lowest BCUT2D eigenvalue weighted by Crippen LogP contribution is -2.49. The number of hydrazone groups is 1. The minimum atomic E-state index is -0.0979. The Morgan fingerprint density at radius 1 is 0.917 bits per heavy atom. The average molecular weight is 483 g/mol. The molecule has 0 unspecified atom stereocenters. The van der Waals surface area contributed by atoms with Crippen LogP contribution in [0.3, 0.4) is 0 Å². The molecule has 2 heterocycles. The monoisotopic (exact) mass is 482 g/mol. The van der Waals surface area contributed by atoms with Gasteiger partial charge in [-0.25, -0.2) is 5.01 Å². The predicted molar refractivity (Wildman–Crippen MR) is 143 cm³/mol. The van der Waals surface area contributed by atoms with E-state index in [-0.39, 0.29) is 11.9 Å². The van der Waals surface area contributed by atoms with E-state index >= 15 is 0 Å². The van der Waals surface area contributed by atoms with Crippen molar-refractivity contribution in [2.45, 2.75) is 25.9 Å². The maximum Gasteiger partial charge on any atom is 0.257 e. The SMILES string of the molecule is COc1cccc(C2=NN(C(=O)CN3CCN(Cc4ccccc4)CC3)[C@H](c3ccccc3C)C2)c1. The molecule has 3 aromatic carbocycles. The van der Waals surface area contributed by atoms with Gasteiger partial charge in [0.1, 0.15) is 5.75 Å². The van der Waals surface area contributed by atoms with Crippen LogP contribution in [0.4, 0.5) is 0 Å². The molecule has 186 valence electrons. The summed E-state index contributed by atoms with van der Waals surface area (Å²) >= 11 is 0. The lowest BCUT2D eigenvalue weighted by molar-refractivity contribution is -0.134. The van der Waals surface area contributed by atoms with Crippen LogP contribution in [0.1, 0.15) is 34.7 Å². The van der Waals surface area contributed by atoms with Gasteiger partial charge in [0, 0.05) is 44.7 Å². The zero-order chi connectivity index (χ0) is 24.9. The number of benzene rings is 3. The molecule has 0 spiro atoms. The van der Waals surface area contributed by atoms with Gasteiger partial charge in [-0.15, -0.1) is 0 Å². The number of rotatable bonds is 7. The topological polar surface area (TPSA) is 48.4 Å². The fourth-order valence-electron chi connectivity index (χ4n) is 5.13. The van der Waals surface area contributed by atoms with Crippen LogP contribution in [0.15, 0.2) is 84.0 Å². The smallest absolute Gasteiger partial charge is 0.257 e. The molecule has 1 atom stereocenters. The fraction of sp³-hybridized carbons (Fsp3) is 0.333. The van der Waals surface area contributed by atoms with Crippen LogP contribution in [-0.4, -0.2) is 66.3 Å². The standard InChI is InChI=1S/C30H34N4O2/c1-23-9-6-7-14-27(23)29-20-28(25-12-8-13-26(19-25)36-2)31-34(29)30(35)22-33-17-15-32(16-18-33)21-24-10-4-3-5-11-24/h3-14,19,29H,15-18,20-22H2,1-2H3/t29-/m0/s1. The number of carbonyl (C=O) groups is 1. The molecular weight excluding hydrogens is 448 g/mol. The van der Waals surface area contributed by atoms with Crippen LogP contribution in [0.2, 0.25) is 0 Å². The van der Waals surface area contributed by atoms with Crippen LogP contribution >= 0.6 is 0 Å². The van der Waals surface area contributed by atoms with Gasteiger partial charge in [0.05, 0.1) is 25.4 Å². The normalized spacial score (nSPS) is 18.8. The van der Waals surface area contributed by atoms with Crippen molar-refractivity contribution in [3.8, 4) is 5.75 Å². The van der Waals surface area contributed by atoms with Crippen LogP contribution in [0, 0.1) is 6.92 Å². The number of nitrogens with zero attached hydrogens (tertiary/aromatic N) is 4. The quantitative estimate of drug-likeness (QED) is 0.498. The molecule has 0 N–H and O–H groups in total. The Labute approximate surface area is 213 Å². The van der Waals surface area contributed by atoms with Gasteiger partial charge < -0.3 is 4.74 Å². The van der Waals surface area contributed by atoms with E-state index < -0.39 is 0 Å². The van der Waals surface area contributed by atoms with Crippen molar-refractivity contribution < 1.29 is 9.53 Å². The highest BCUT2D eigenvalue weighted by atomic mass is 16.5. The Morgan fingerprint density at radius 2 is 1.64 bits per heavy atom. The Morgan fingerprint density at radius 3 is 2.39 bits per heavy atom. The minimum absolute atomic E-state index is 0.0534. The Bertz CT molecular complexity index is 1220. The molecule has 0 aliphatic carbocycles. The Kier molecular flexibility index (Phi) is 7.44. The number of methoxy groups -OCH3 is 1. The van der Waals surface area contributed by atoms with Crippen molar-refractivity contribution >= 4 is 11.6 Å². The molecule has 0 bridgehead atoms. The van der Waals surface area contributed by atoms with Crippen molar-refractivity contribution in [1.82, 2.24) is 14.8 Å².